The summed E-state index contributed by atoms with van der Waals surface area (Å²) in [6, 6.07) is 8.97. The van der Waals surface area contributed by atoms with E-state index in [9.17, 15) is 22.4 Å². The number of alkyl halides is 3. The van der Waals surface area contributed by atoms with Crippen molar-refractivity contribution in [2.75, 3.05) is 11.1 Å². The van der Waals surface area contributed by atoms with Crippen molar-refractivity contribution in [3.63, 3.8) is 0 Å². The molecule has 0 unspecified atom stereocenters. The summed E-state index contributed by atoms with van der Waals surface area (Å²) in [6.45, 7) is 0. The largest absolute Gasteiger partial charge is 0.573 e. The lowest BCUT2D eigenvalue weighted by atomic mass is 10.1. The minimum Gasteiger partial charge on any atom is -0.403 e. The Hall–Kier alpha value is -2.85. The van der Waals surface area contributed by atoms with E-state index in [1.165, 1.54) is 18.2 Å². The molecule has 3 rings (SSSR count). The topological polar surface area (TPSA) is 77.2 Å². The van der Waals surface area contributed by atoms with Gasteiger partial charge in [-0.3, -0.25) is 4.79 Å². The van der Waals surface area contributed by atoms with E-state index in [1.807, 2.05) is 0 Å². The highest BCUT2D eigenvalue weighted by atomic mass is 35.5. The first-order chi connectivity index (χ1) is 13.1. The first-order valence-corrected chi connectivity index (χ1v) is 8.71. The smallest absolute Gasteiger partial charge is 0.403 e. The summed E-state index contributed by atoms with van der Waals surface area (Å²) in [5.74, 6) is -2.59. The molecule has 11 heteroatoms. The van der Waals surface area contributed by atoms with Crippen molar-refractivity contribution < 1.29 is 27.1 Å². The zero-order valence-corrected chi connectivity index (χ0v) is 15.3. The van der Waals surface area contributed by atoms with Crippen LogP contribution < -0.4 is 15.8 Å². The molecule has 146 valence electrons. The van der Waals surface area contributed by atoms with Gasteiger partial charge in [0, 0.05) is 22.3 Å². The molecule has 0 fully saturated rings. The number of ketones is 1. The predicted octanol–water partition coefficient (Wildman–Crippen LogP) is 5.39. The first-order valence-electron chi connectivity index (χ1n) is 7.51. The van der Waals surface area contributed by atoms with Crippen molar-refractivity contribution in [1.82, 2.24) is 4.98 Å². The van der Waals surface area contributed by atoms with Crippen LogP contribution in [-0.2, 0) is 0 Å². The second kappa shape index (κ2) is 7.64. The molecule has 3 N–H and O–H groups in total. The fourth-order valence-electron chi connectivity index (χ4n) is 2.19. The molecule has 0 aliphatic carbocycles. The molecular formula is C17H10ClF4N3O2S. The first kappa shape index (κ1) is 19.9. The number of rotatable bonds is 5. The number of benzene rings is 2. The summed E-state index contributed by atoms with van der Waals surface area (Å²) in [4.78, 5) is 16.7. The van der Waals surface area contributed by atoms with Gasteiger partial charge in [-0.2, -0.15) is 0 Å². The lowest BCUT2D eigenvalue weighted by molar-refractivity contribution is -0.275. The SMILES string of the molecule is Nc1nc(Nc2ccc(OC(F)(F)F)c(F)c2)sc1C(=O)c1ccc(Cl)cc1. The quantitative estimate of drug-likeness (QED) is 0.418. The summed E-state index contributed by atoms with van der Waals surface area (Å²) < 4.78 is 53.9. The molecule has 0 amide bonds. The fourth-order valence-corrected chi connectivity index (χ4v) is 3.18. The molecule has 0 aliphatic rings. The van der Waals surface area contributed by atoms with Crippen molar-refractivity contribution >= 4 is 45.4 Å². The summed E-state index contributed by atoms with van der Waals surface area (Å²) in [6.07, 6.45) is -5.00. The standard InChI is InChI=1S/C17H10ClF4N3O2S/c18-9-3-1-8(2-4-9)13(26)14-15(23)25-16(28-14)24-10-5-6-12(11(19)7-10)27-17(20,21)22/h1-7H,23H2,(H,24,25). The summed E-state index contributed by atoms with van der Waals surface area (Å²) >= 11 is 6.71. The zero-order valence-electron chi connectivity index (χ0n) is 13.7. The highest BCUT2D eigenvalue weighted by Crippen LogP contribution is 2.32. The minimum atomic E-state index is -5.00. The number of aromatic nitrogens is 1. The van der Waals surface area contributed by atoms with E-state index >= 15 is 0 Å². The van der Waals surface area contributed by atoms with Gasteiger partial charge in [0.1, 0.15) is 10.7 Å². The van der Waals surface area contributed by atoms with Crippen LogP contribution in [0.1, 0.15) is 15.2 Å². The number of carbonyl (C=O) groups excluding carboxylic acids is 1. The molecule has 28 heavy (non-hydrogen) atoms. The second-order valence-electron chi connectivity index (χ2n) is 5.39. The monoisotopic (exact) mass is 431 g/mol. The highest BCUT2D eigenvalue weighted by Gasteiger charge is 2.32. The van der Waals surface area contributed by atoms with Crippen molar-refractivity contribution in [1.29, 1.82) is 0 Å². The van der Waals surface area contributed by atoms with Gasteiger partial charge in [-0.15, -0.1) is 13.2 Å². The number of nitrogen functional groups attached to an aromatic ring is 1. The van der Waals surface area contributed by atoms with Crippen LogP contribution in [0.2, 0.25) is 5.02 Å². The maximum atomic E-state index is 13.8. The summed E-state index contributed by atoms with van der Waals surface area (Å²) in [5, 5.41) is 3.32. The van der Waals surface area contributed by atoms with E-state index in [-0.39, 0.29) is 27.3 Å². The molecule has 0 atom stereocenters. The Morgan fingerprint density at radius 1 is 1.18 bits per heavy atom. The molecule has 0 aliphatic heterocycles. The van der Waals surface area contributed by atoms with E-state index < -0.39 is 17.9 Å². The van der Waals surface area contributed by atoms with Crippen LogP contribution in [0, 0.1) is 5.82 Å². The molecule has 0 radical (unpaired) electrons. The second-order valence-corrected chi connectivity index (χ2v) is 6.82. The highest BCUT2D eigenvalue weighted by molar-refractivity contribution is 7.18. The molecule has 3 aromatic rings. The fraction of sp³-hybridized carbons (Fsp3) is 0.0588. The molecular weight excluding hydrogens is 422 g/mol. The van der Waals surface area contributed by atoms with Gasteiger partial charge in [0.15, 0.2) is 16.7 Å². The van der Waals surface area contributed by atoms with E-state index in [2.05, 4.69) is 15.0 Å². The van der Waals surface area contributed by atoms with Crippen LogP contribution >= 0.6 is 22.9 Å². The van der Waals surface area contributed by atoms with Crippen molar-refractivity contribution in [2.24, 2.45) is 0 Å². The van der Waals surface area contributed by atoms with Crippen molar-refractivity contribution in [2.45, 2.75) is 6.36 Å². The van der Waals surface area contributed by atoms with Crippen LogP contribution in [-0.4, -0.2) is 17.1 Å². The number of nitrogens with zero attached hydrogens (tertiary/aromatic N) is 1. The number of hydrogen-bond acceptors (Lipinski definition) is 6. The maximum absolute atomic E-state index is 13.8. The molecule has 5 nitrogen and oxygen atoms in total. The number of nitrogens with one attached hydrogen (secondary N) is 1. The van der Waals surface area contributed by atoms with Crippen LogP contribution in [0.25, 0.3) is 0 Å². The summed E-state index contributed by atoms with van der Waals surface area (Å²) in [7, 11) is 0. The normalized spacial score (nSPS) is 11.3. The lowest BCUT2D eigenvalue weighted by Crippen LogP contribution is -2.17. The van der Waals surface area contributed by atoms with Gasteiger partial charge in [-0.1, -0.05) is 22.9 Å². The third kappa shape index (κ3) is 4.70. The Morgan fingerprint density at radius 3 is 2.46 bits per heavy atom. The number of carbonyl (C=O) groups is 1. The molecule has 0 saturated heterocycles. The van der Waals surface area contributed by atoms with E-state index in [0.29, 0.717) is 10.6 Å². The molecule has 2 aromatic carbocycles. The molecule has 0 spiro atoms. The lowest BCUT2D eigenvalue weighted by Gasteiger charge is -2.10. The average Bonchev–Trinajstić information content (AvgIpc) is 2.96. The van der Waals surface area contributed by atoms with Crippen LogP contribution in [0.4, 0.5) is 34.2 Å². The number of hydrogen-bond donors (Lipinski definition) is 2. The third-order valence-electron chi connectivity index (χ3n) is 3.37. The van der Waals surface area contributed by atoms with Gasteiger partial charge < -0.3 is 15.8 Å². The minimum absolute atomic E-state index is 0.0371. The molecule has 0 bridgehead atoms. The number of halogens is 5. The molecule has 1 heterocycles. The Bertz CT molecular complexity index is 1020. The van der Waals surface area contributed by atoms with Crippen LogP contribution in [0.15, 0.2) is 42.5 Å². The Labute approximate surface area is 164 Å². The summed E-state index contributed by atoms with van der Waals surface area (Å²) in [5.41, 5.74) is 6.24. The zero-order chi connectivity index (χ0) is 20.5. The van der Waals surface area contributed by atoms with Gasteiger partial charge in [0.25, 0.3) is 0 Å². The Morgan fingerprint density at radius 2 is 1.86 bits per heavy atom. The predicted molar refractivity (Wildman–Crippen MR) is 97.8 cm³/mol. The van der Waals surface area contributed by atoms with Gasteiger partial charge in [-0.25, -0.2) is 9.37 Å². The van der Waals surface area contributed by atoms with E-state index in [1.54, 1.807) is 12.1 Å². The maximum Gasteiger partial charge on any atom is 0.573 e. The molecule has 1 aromatic heterocycles. The number of thiazole rings is 1. The third-order valence-corrected chi connectivity index (χ3v) is 4.61. The number of nitrogens with two attached hydrogens (primary N) is 1. The van der Waals surface area contributed by atoms with E-state index in [4.69, 9.17) is 17.3 Å². The van der Waals surface area contributed by atoms with Crippen molar-refractivity contribution in [3.8, 4) is 5.75 Å². The Balaban J connectivity index is 1.79. The van der Waals surface area contributed by atoms with Gasteiger partial charge >= 0.3 is 6.36 Å². The van der Waals surface area contributed by atoms with Crippen molar-refractivity contribution in [3.05, 3.63) is 63.7 Å². The Kier molecular flexibility index (Phi) is 5.43. The number of ether oxygens (including phenoxy) is 1. The van der Waals surface area contributed by atoms with Crippen LogP contribution in [0.3, 0.4) is 0 Å². The van der Waals surface area contributed by atoms with Crippen LogP contribution in [0.5, 0.6) is 5.75 Å². The molecule has 0 saturated carbocycles. The van der Waals surface area contributed by atoms with Gasteiger partial charge in [0.05, 0.1) is 0 Å². The van der Waals surface area contributed by atoms with Gasteiger partial charge in [0.2, 0.25) is 5.78 Å². The van der Waals surface area contributed by atoms with E-state index in [0.717, 1.165) is 23.5 Å². The number of anilines is 3. The average molecular weight is 432 g/mol. The van der Waals surface area contributed by atoms with Gasteiger partial charge in [-0.05, 0) is 36.4 Å².